The highest BCUT2D eigenvalue weighted by Gasteiger charge is 2.21. The molecule has 2 N–H and O–H groups in total. The molecule has 24 heavy (non-hydrogen) atoms. The minimum atomic E-state index is -0.635. The van der Waals surface area contributed by atoms with Crippen LogP contribution < -0.4 is 5.73 Å². The Bertz CT molecular complexity index is 772. The average Bonchev–Trinajstić information content (AvgIpc) is 2.99. The van der Waals surface area contributed by atoms with Crippen LogP contribution in [0.15, 0.2) is 46.3 Å². The highest BCUT2D eigenvalue weighted by molar-refractivity contribution is 9.10. The summed E-state index contributed by atoms with van der Waals surface area (Å²) in [6, 6.07) is 4.79. The molecule has 0 amide bonds. The minimum Gasteiger partial charge on any atom is -0.380 e. The molecule has 1 aromatic carbocycles. The number of oxime groups is 1. The first-order valence-corrected chi connectivity index (χ1v) is 7.70. The third-order valence-electron chi connectivity index (χ3n) is 3.16. The molecule has 1 unspecified atom stereocenters. The van der Waals surface area contributed by atoms with Gasteiger partial charge < -0.3 is 10.6 Å². The van der Waals surface area contributed by atoms with Crippen molar-refractivity contribution in [2.45, 2.75) is 19.4 Å². The topological polar surface area (TPSA) is 126 Å². The van der Waals surface area contributed by atoms with Crippen LogP contribution in [0.2, 0.25) is 0 Å². The first kappa shape index (κ1) is 17.6. The maximum atomic E-state index is 12.1. The van der Waals surface area contributed by atoms with Crippen LogP contribution in [0.3, 0.4) is 0 Å². The number of aromatic nitrogens is 2. The molecule has 0 aliphatic carbocycles. The number of nitro benzene ring substituents is 1. The van der Waals surface area contributed by atoms with Crippen LogP contribution in [0.5, 0.6) is 0 Å². The summed E-state index contributed by atoms with van der Waals surface area (Å²) in [5.74, 6) is -0.673. The van der Waals surface area contributed by atoms with E-state index in [0.29, 0.717) is 12.0 Å². The number of carbonyl (C=O) groups excluding carboxylic acids is 1. The first-order valence-electron chi connectivity index (χ1n) is 6.91. The predicted molar refractivity (Wildman–Crippen MR) is 89.2 cm³/mol. The molecule has 9 nitrogen and oxygen atoms in total. The molecule has 0 fully saturated rings. The highest BCUT2D eigenvalue weighted by Crippen LogP contribution is 2.17. The number of amidine groups is 1. The smallest absolute Gasteiger partial charge is 0.359 e. The standard InChI is InChI=1S/C14H14BrN5O4/c1-2-12(19-8-10(15)7-17-19)14(21)24-18-13(16)9-3-5-11(6-4-9)20(22)23/h3-8,12H,2H2,1H3,(H2,16,18). The fourth-order valence-electron chi connectivity index (χ4n) is 1.91. The van der Waals surface area contributed by atoms with E-state index in [-0.39, 0.29) is 11.5 Å². The molecule has 1 atom stereocenters. The molecule has 0 saturated carbocycles. The number of nitrogens with zero attached hydrogens (tertiary/aromatic N) is 4. The number of carbonyl (C=O) groups is 1. The molecule has 1 aromatic heterocycles. The Labute approximate surface area is 145 Å². The molecule has 0 aliphatic rings. The van der Waals surface area contributed by atoms with E-state index in [4.69, 9.17) is 10.6 Å². The lowest BCUT2D eigenvalue weighted by molar-refractivity contribution is -0.384. The zero-order valence-electron chi connectivity index (χ0n) is 12.6. The van der Waals surface area contributed by atoms with Gasteiger partial charge >= 0.3 is 5.97 Å². The SMILES string of the molecule is CCC(C(=O)O/N=C(\N)c1ccc([N+](=O)[O-])cc1)n1cc(Br)cn1. The summed E-state index contributed by atoms with van der Waals surface area (Å²) < 4.78 is 2.20. The van der Waals surface area contributed by atoms with E-state index in [1.165, 1.54) is 28.9 Å². The van der Waals surface area contributed by atoms with Gasteiger partial charge in [-0.3, -0.25) is 14.8 Å². The maximum absolute atomic E-state index is 12.1. The van der Waals surface area contributed by atoms with Crippen molar-refractivity contribution in [3.8, 4) is 0 Å². The van der Waals surface area contributed by atoms with Gasteiger partial charge in [0.05, 0.1) is 15.6 Å². The monoisotopic (exact) mass is 395 g/mol. The van der Waals surface area contributed by atoms with Crippen molar-refractivity contribution >= 4 is 33.4 Å². The van der Waals surface area contributed by atoms with E-state index >= 15 is 0 Å². The Hall–Kier alpha value is -2.75. The van der Waals surface area contributed by atoms with Gasteiger partial charge in [-0.05, 0) is 34.5 Å². The van der Waals surface area contributed by atoms with Gasteiger partial charge in [-0.1, -0.05) is 12.1 Å². The summed E-state index contributed by atoms with van der Waals surface area (Å²) in [4.78, 5) is 27.1. The van der Waals surface area contributed by atoms with Gasteiger partial charge in [0.25, 0.3) is 5.69 Å². The average molecular weight is 396 g/mol. The second-order valence-corrected chi connectivity index (χ2v) is 5.67. The van der Waals surface area contributed by atoms with Gasteiger partial charge in [-0.2, -0.15) is 5.10 Å². The van der Waals surface area contributed by atoms with Crippen LogP contribution in [-0.2, 0) is 9.63 Å². The second kappa shape index (κ2) is 7.68. The number of hydrogen-bond acceptors (Lipinski definition) is 6. The van der Waals surface area contributed by atoms with Gasteiger partial charge in [0.15, 0.2) is 11.9 Å². The maximum Gasteiger partial charge on any atom is 0.359 e. The number of nitro groups is 1. The largest absolute Gasteiger partial charge is 0.380 e. The summed E-state index contributed by atoms with van der Waals surface area (Å²) in [7, 11) is 0. The number of halogens is 1. The number of rotatable bonds is 6. The van der Waals surface area contributed by atoms with E-state index in [1.807, 2.05) is 6.92 Å². The van der Waals surface area contributed by atoms with Gasteiger partial charge in [0.2, 0.25) is 0 Å². The van der Waals surface area contributed by atoms with Crippen molar-refractivity contribution in [3.05, 3.63) is 56.8 Å². The Balaban J connectivity index is 2.07. The van der Waals surface area contributed by atoms with Gasteiger partial charge in [-0.15, -0.1) is 0 Å². The molecule has 0 aliphatic heterocycles. The number of nitrogens with two attached hydrogens (primary N) is 1. The normalized spacial score (nSPS) is 12.7. The zero-order chi connectivity index (χ0) is 17.7. The number of hydrogen-bond donors (Lipinski definition) is 1. The van der Waals surface area contributed by atoms with Gasteiger partial charge in [0.1, 0.15) is 0 Å². The van der Waals surface area contributed by atoms with Crippen LogP contribution in [-0.4, -0.2) is 26.5 Å². The van der Waals surface area contributed by atoms with Crippen LogP contribution >= 0.6 is 15.9 Å². The summed E-state index contributed by atoms with van der Waals surface area (Å²) in [6.07, 6.45) is 3.67. The van der Waals surface area contributed by atoms with Crippen molar-refractivity contribution in [1.29, 1.82) is 0 Å². The van der Waals surface area contributed by atoms with Gasteiger partial charge in [-0.25, -0.2) is 4.79 Å². The van der Waals surface area contributed by atoms with E-state index in [1.54, 1.807) is 12.4 Å². The van der Waals surface area contributed by atoms with Crippen molar-refractivity contribution in [1.82, 2.24) is 9.78 Å². The molecule has 0 saturated heterocycles. The first-order chi connectivity index (χ1) is 11.4. The molecule has 2 rings (SSSR count). The third kappa shape index (κ3) is 4.16. The second-order valence-electron chi connectivity index (χ2n) is 4.75. The fourth-order valence-corrected chi connectivity index (χ4v) is 2.21. The Morgan fingerprint density at radius 2 is 2.17 bits per heavy atom. The summed E-state index contributed by atoms with van der Waals surface area (Å²) in [5, 5.41) is 18.2. The zero-order valence-corrected chi connectivity index (χ0v) is 14.2. The van der Waals surface area contributed by atoms with Crippen molar-refractivity contribution in [2.24, 2.45) is 10.9 Å². The molecule has 0 radical (unpaired) electrons. The Morgan fingerprint density at radius 1 is 1.50 bits per heavy atom. The summed E-state index contributed by atoms with van der Waals surface area (Å²) in [5.41, 5.74) is 6.06. The molecule has 2 aromatic rings. The van der Waals surface area contributed by atoms with Crippen molar-refractivity contribution in [2.75, 3.05) is 0 Å². The number of benzene rings is 1. The molecular formula is C14H14BrN5O4. The van der Waals surface area contributed by atoms with Crippen LogP contribution in [0, 0.1) is 10.1 Å². The molecular weight excluding hydrogens is 382 g/mol. The number of non-ortho nitro benzene ring substituents is 1. The molecule has 0 bridgehead atoms. The van der Waals surface area contributed by atoms with Gasteiger partial charge in [0, 0.05) is 23.9 Å². The lowest BCUT2D eigenvalue weighted by Gasteiger charge is -2.11. The van der Waals surface area contributed by atoms with Crippen molar-refractivity contribution < 1.29 is 14.6 Å². The van der Waals surface area contributed by atoms with E-state index < -0.39 is 16.9 Å². The Kier molecular flexibility index (Phi) is 5.64. The Morgan fingerprint density at radius 3 is 2.67 bits per heavy atom. The molecule has 0 spiro atoms. The summed E-state index contributed by atoms with van der Waals surface area (Å²) >= 11 is 3.26. The molecule has 1 heterocycles. The fraction of sp³-hybridized carbons (Fsp3) is 0.214. The lowest BCUT2D eigenvalue weighted by Crippen LogP contribution is -2.22. The summed E-state index contributed by atoms with van der Waals surface area (Å²) in [6.45, 7) is 1.81. The highest BCUT2D eigenvalue weighted by atomic mass is 79.9. The van der Waals surface area contributed by atoms with Crippen LogP contribution in [0.1, 0.15) is 24.9 Å². The van der Waals surface area contributed by atoms with Crippen LogP contribution in [0.25, 0.3) is 0 Å². The third-order valence-corrected chi connectivity index (χ3v) is 3.57. The quantitative estimate of drug-likeness (QED) is 0.263. The lowest BCUT2D eigenvalue weighted by atomic mass is 10.2. The molecule has 126 valence electrons. The van der Waals surface area contributed by atoms with E-state index in [9.17, 15) is 14.9 Å². The van der Waals surface area contributed by atoms with E-state index in [2.05, 4.69) is 26.2 Å². The molecule has 10 heteroatoms. The van der Waals surface area contributed by atoms with Crippen molar-refractivity contribution in [3.63, 3.8) is 0 Å². The van der Waals surface area contributed by atoms with E-state index in [0.717, 1.165) is 4.47 Å². The minimum absolute atomic E-state index is 0.0604. The van der Waals surface area contributed by atoms with Crippen LogP contribution in [0.4, 0.5) is 5.69 Å². The predicted octanol–water partition coefficient (Wildman–Crippen LogP) is 2.37.